The molecule has 2 amide bonds. The van der Waals surface area contributed by atoms with Crippen molar-refractivity contribution >= 4 is 24.4 Å². The maximum Gasteiger partial charge on any atom is 0.220 e. The standard InChI is InChI=1S/C9H18N2O2S/c1-4-10(8(2)12)5-6-11(7-14)9(3)13/h14H,4-7H2,1-3H3. The summed E-state index contributed by atoms with van der Waals surface area (Å²) in [5.74, 6) is 0.417. The van der Waals surface area contributed by atoms with Crippen LogP contribution in [0.15, 0.2) is 0 Å². The van der Waals surface area contributed by atoms with E-state index in [1.165, 1.54) is 13.8 Å². The molecule has 0 heterocycles. The number of carbonyl (C=O) groups is 2. The highest BCUT2D eigenvalue weighted by Crippen LogP contribution is 1.95. The second-order valence-electron chi connectivity index (χ2n) is 3.02. The average molecular weight is 218 g/mol. The molecule has 82 valence electrons. The lowest BCUT2D eigenvalue weighted by Crippen LogP contribution is -2.38. The van der Waals surface area contributed by atoms with Crippen LogP contribution in [0.5, 0.6) is 0 Å². The quantitative estimate of drug-likeness (QED) is 0.542. The van der Waals surface area contributed by atoms with Gasteiger partial charge in [0, 0.05) is 33.5 Å². The molecule has 0 radical (unpaired) electrons. The predicted molar refractivity (Wildman–Crippen MR) is 59.2 cm³/mol. The van der Waals surface area contributed by atoms with Crippen LogP contribution in [0.2, 0.25) is 0 Å². The van der Waals surface area contributed by atoms with E-state index in [0.29, 0.717) is 25.5 Å². The third kappa shape index (κ3) is 4.50. The van der Waals surface area contributed by atoms with Crippen LogP contribution in [0.25, 0.3) is 0 Å². The van der Waals surface area contributed by atoms with Crippen molar-refractivity contribution in [1.29, 1.82) is 0 Å². The zero-order valence-electron chi connectivity index (χ0n) is 8.99. The summed E-state index contributed by atoms with van der Waals surface area (Å²) in [6, 6.07) is 0. The number of nitrogens with zero attached hydrogens (tertiary/aromatic N) is 2. The Balaban J connectivity index is 4.00. The minimum Gasteiger partial charge on any atom is -0.341 e. The van der Waals surface area contributed by atoms with Gasteiger partial charge >= 0.3 is 0 Å². The first-order valence-electron chi connectivity index (χ1n) is 4.64. The van der Waals surface area contributed by atoms with Gasteiger partial charge in [-0.3, -0.25) is 9.59 Å². The first kappa shape index (κ1) is 13.3. The Morgan fingerprint density at radius 3 is 1.79 bits per heavy atom. The number of hydrogen-bond acceptors (Lipinski definition) is 3. The van der Waals surface area contributed by atoms with Gasteiger partial charge in [0.25, 0.3) is 0 Å². The Kier molecular flexibility index (Phi) is 6.36. The summed E-state index contributed by atoms with van der Waals surface area (Å²) in [5.41, 5.74) is 0. The van der Waals surface area contributed by atoms with E-state index in [1.807, 2.05) is 6.92 Å². The largest absolute Gasteiger partial charge is 0.341 e. The fraction of sp³-hybridized carbons (Fsp3) is 0.778. The summed E-state index contributed by atoms with van der Waals surface area (Å²) in [7, 11) is 0. The Hall–Kier alpha value is -0.710. The second kappa shape index (κ2) is 6.70. The van der Waals surface area contributed by atoms with Gasteiger partial charge in [0.1, 0.15) is 0 Å². The van der Waals surface area contributed by atoms with Crippen LogP contribution in [0, 0.1) is 0 Å². The van der Waals surface area contributed by atoms with E-state index in [2.05, 4.69) is 12.6 Å². The molecule has 0 saturated heterocycles. The lowest BCUT2D eigenvalue weighted by molar-refractivity contribution is -0.132. The molecule has 5 heteroatoms. The topological polar surface area (TPSA) is 40.6 Å². The highest BCUT2D eigenvalue weighted by molar-refractivity contribution is 7.80. The van der Waals surface area contributed by atoms with Crippen molar-refractivity contribution in [3.8, 4) is 0 Å². The van der Waals surface area contributed by atoms with Gasteiger partial charge in [-0.05, 0) is 6.92 Å². The fourth-order valence-electron chi connectivity index (χ4n) is 1.11. The molecule has 4 nitrogen and oxygen atoms in total. The minimum absolute atomic E-state index is 0.0143. The zero-order chi connectivity index (χ0) is 11.1. The smallest absolute Gasteiger partial charge is 0.220 e. The first-order chi connectivity index (χ1) is 6.52. The van der Waals surface area contributed by atoms with Crippen LogP contribution in [-0.4, -0.2) is 47.1 Å². The van der Waals surface area contributed by atoms with Gasteiger partial charge < -0.3 is 9.80 Å². The summed E-state index contributed by atoms with van der Waals surface area (Å²) >= 11 is 4.04. The van der Waals surface area contributed by atoms with Crippen molar-refractivity contribution < 1.29 is 9.59 Å². The summed E-state index contributed by atoms with van der Waals surface area (Å²) in [6.45, 7) is 6.74. The van der Waals surface area contributed by atoms with Crippen molar-refractivity contribution in [3.05, 3.63) is 0 Å². The molecular formula is C9H18N2O2S. The van der Waals surface area contributed by atoms with Crippen LogP contribution in [0.1, 0.15) is 20.8 Å². The normalized spacial score (nSPS) is 9.71. The van der Waals surface area contributed by atoms with Crippen LogP contribution in [-0.2, 0) is 9.59 Å². The summed E-state index contributed by atoms with van der Waals surface area (Å²) in [5, 5.41) is 0. The molecular weight excluding hydrogens is 200 g/mol. The van der Waals surface area contributed by atoms with E-state index in [-0.39, 0.29) is 11.8 Å². The van der Waals surface area contributed by atoms with Gasteiger partial charge in [-0.2, -0.15) is 12.6 Å². The van der Waals surface area contributed by atoms with Crippen molar-refractivity contribution in [2.24, 2.45) is 0 Å². The molecule has 0 unspecified atom stereocenters. The third-order valence-corrected chi connectivity index (χ3v) is 2.42. The van der Waals surface area contributed by atoms with Gasteiger partial charge in [0.05, 0.1) is 5.88 Å². The van der Waals surface area contributed by atoms with E-state index in [9.17, 15) is 9.59 Å². The average Bonchev–Trinajstić information content (AvgIpc) is 2.11. The molecule has 0 aromatic carbocycles. The summed E-state index contributed by atoms with van der Waals surface area (Å²) in [4.78, 5) is 25.4. The molecule has 0 bridgehead atoms. The van der Waals surface area contributed by atoms with Gasteiger partial charge in [-0.15, -0.1) is 0 Å². The Morgan fingerprint density at radius 2 is 1.50 bits per heavy atom. The Morgan fingerprint density at radius 1 is 1.07 bits per heavy atom. The van der Waals surface area contributed by atoms with Crippen molar-refractivity contribution in [1.82, 2.24) is 9.80 Å². The Bertz CT molecular complexity index is 187. The number of carbonyl (C=O) groups excluding carboxylic acids is 2. The molecule has 0 N–H and O–H groups in total. The number of amides is 2. The summed E-state index contributed by atoms with van der Waals surface area (Å²) in [6.07, 6.45) is 0. The highest BCUT2D eigenvalue weighted by Gasteiger charge is 2.10. The molecule has 0 spiro atoms. The molecule has 0 fully saturated rings. The maximum absolute atomic E-state index is 11.0. The van der Waals surface area contributed by atoms with E-state index in [0.717, 1.165) is 0 Å². The first-order valence-corrected chi connectivity index (χ1v) is 5.28. The molecule has 0 aliphatic rings. The lowest BCUT2D eigenvalue weighted by atomic mass is 10.4. The molecule has 0 aliphatic carbocycles. The molecule has 0 aromatic heterocycles. The van der Waals surface area contributed by atoms with Crippen LogP contribution >= 0.6 is 12.6 Å². The van der Waals surface area contributed by atoms with Gasteiger partial charge in [0.2, 0.25) is 11.8 Å². The van der Waals surface area contributed by atoms with Crippen LogP contribution in [0.3, 0.4) is 0 Å². The van der Waals surface area contributed by atoms with E-state index in [4.69, 9.17) is 0 Å². The van der Waals surface area contributed by atoms with E-state index >= 15 is 0 Å². The Labute approximate surface area is 90.7 Å². The van der Waals surface area contributed by atoms with Crippen LogP contribution < -0.4 is 0 Å². The number of thiol groups is 1. The van der Waals surface area contributed by atoms with Crippen LogP contribution in [0.4, 0.5) is 0 Å². The van der Waals surface area contributed by atoms with Crippen molar-refractivity contribution in [2.75, 3.05) is 25.5 Å². The number of rotatable bonds is 5. The number of likely N-dealkylation sites (N-methyl/N-ethyl adjacent to an activating group) is 1. The van der Waals surface area contributed by atoms with Gasteiger partial charge in [-0.25, -0.2) is 0 Å². The molecule has 0 atom stereocenters. The fourth-order valence-corrected chi connectivity index (χ4v) is 1.45. The molecule has 14 heavy (non-hydrogen) atoms. The lowest BCUT2D eigenvalue weighted by Gasteiger charge is -2.24. The third-order valence-electron chi connectivity index (χ3n) is 2.08. The van der Waals surface area contributed by atoms with Gasteiger partial charge in [0.15, 0.2) is 0 Å². The van der Waals surface area contributed by atoms with Crippen molar-refractivity contribution in [3.63, 3.8) is 0 Å². The predicted octanol–water partition coefficient (Wildman–Crippen LogP) is 0.591. The van der Waals surface area contributed by atoms with Gasteiger partial charge in [-0.1, -0.05) is 0 Å². The van der Waals surface area contributed by atoms with Crippen molar-refractivity contribution in [2.45, 2.75) is 20.8 Å². The summed E-state index contributed by atoms with van der Waals surface area (Å²) < 4.78 is 0. The zero-order valence-corrected chi connectivity index (χ0v) is 9.88. The molecule has 0 saturated carbocycles. The van der Waals surface area contributed by atoms with E-state index in [1.54, 1.807) is 9.80 Å². The second-order valence-corrected chi connectivity index (χ2v) is 3.31. The molecule has 0 aliphatic heterocycles. The number of hydrogen-bond donors (Lipinski definition) is 1. The maximum atomic E-state index is 11.0. The molecule has 0 rings (SSSR count). The van der Waals surface area contributed by atoms with E-state index < -0.39 is 0 Å². The monoisotopic (exact) mass is 218 g/mol. The molecule has 0 aromatic rings. The minimum atomic E-state index is -0.0143. The highest BCUT2D eigenvalue weighted by atomic mass is 32.1. The SMILES string of the molecule is CCN(CCN(CS)C(C)=O)C(C)=O.